The molecule has 0 saturated carbocycles. The first-order chi connectivity index (χ1) is 10.6. The van der Waals surface area contributed by atoms with Crippen molar-refractivity contribution < 1.29 is 24.2 Å². The molecule has 1 aromatic rings. The lowest BCUT2D eigenvalue weighted by Crippen LogP contribution is -2.55. The Morgan fingerprint density at radius 2 is 2.09 bits per heavy atom. The van der Waals surface area contributed by atoms with Gasteiger partial charge in [-0.25, -0.2) is 9.59 Å². The summed E-state index contributed by atoms with van der Waals surface area (Å²) in [6.07, 6.45) is -1.40. The van der Waals surface area contributed by atoms with E-state index in [1.807, 2.05) is 30.3 Å². The molecule has 1 aliphatic rings. The predicted octanol–water partition coefficient (Wildman–Crippen LogP) is 1.68. The van der Waals surface area contributed by atoms with Crippen LogP contribution in [0, 0.1) is 0 Å². The monoisotopic (exact) mass is 308 g/mol. The molecule has 7 nitrogen and oxygen atoms in total. The molecule has 120 valence electrons. The van der Waals surface area contributed by atoms with Crippen LogP contribution in [0.5, 0.6) is 0 Å². The highest BCUT2D eigenvalue weighted by molar-refractivity contribution is 5.68. The van der Waals surface area contributed by atoms with Crippen molar-refractivity contribution in [3.8, 4) is 0 Å². The first-order valence-electron chi connectivity index (χ1n) is 7.08. The van der Waals surface area contributed by atoms with Crippen LogP contribution in [0.25, 0.3) is 0 Å². The molecule has 1 saturated heterocycles. The molecule has 0 radical (unpaired) electrons. The van der Waals surface area contributed by atoms with Gasteiger partial charge in [0.15, 0.2) is 0 Å². The van der Waals surface area contributed by atoms with Crippen LogP contribution >= 0.6 is 0 Å². The molecule has 0 aromatic heterocycles. The zero-order chi connectivity index (χ0) is 15.9. The Hall–Kier alpha value is -2.28. The van der Waals surface area contributed by atoms with Gasteiger partial charge in [-0.3, -0.25) is 0 Å². The van der Waals surface area contributed by atoms with E-state index in [-0.39, 0.29) is 25.3 Å². The van der Waals surface area contributed by atoms with Crippen LogP contribution in [-0.4, -0.2) is 54.5 Å². The number of nitrogens with one attached hydrogen (secondary N) is 1. The Kier molecular flexibility index (Phi) is 5.60. The number of amides is 2. The Balaban J connectivity index is 1.81. The summed E-state index contributed by atoms with van der Waals surface area (Å²) in [6, 6.07) is 9.12. The molecule has 2 rings (SSSR count). The molecule has 2 N–H and O–H groups in total. The van der Waals surface area contributed by atoms with Crippen LogP contribution in [0.15, 0.2) is 30.3 Å². The fraction of sp³-hybridized carbons (Fsp3) is 0.467. The van der Waals surface area contributed by atoms with Gasteiger partial charge in [-0.15, -0.1) is 0 Å². The van der Waals surface area contributed by atoms with E-state index in [2.05, 4.69) is 5.32 Å². The van der Waals surface area contributed by atoms with E-state index in [0.717, 1.165) is 5.56 Å². The maximum atomic E-state index is 11.8. The Labute approximate surface area is 128 Å². The highest BCUT2D eigenvalue weighted by Gasteiger charge is 2.32. The Bertz CT molecular complexity index is 508. The molecular formula is C15H20N2O5. The standard InChI is InChI=1S/C15H20N2O5/c1-21-13-9-17(15(19)20)8-7-12(13)16-14(18)22-10-11-5-3-2-4-6-11/h2-6,12-13H,7-10H2,1H3,(H,16,18)(H,19,20)/t12-,13-/m1/s1. The van der Waals surface area contributed by atoms with Gasteiger partial charge in [-0.2, -0.15) is 0 Å². The van der Waals surface area contributed by atoms with Crippen molar-refractivity contribution in [3.63, 3.8) is 0 Å². The topological polar surface area (TPSA) is 88.1 Å². The summed E-state index contributed by atoms with van der Waals surface area (Å²) in [4.78, 5) is 24.1. The lowest BCUT2D eigenvalue weighted by atomic mass is 10.0. The number of piperidine rings is 1. The summed E-state index contributed by atoms with van der Waals surface area (Å²) in [5, 5.41) is 11.7. The summed E-state index contributed by atoms with van der Waals surface area (Å²) in [5.74, 6) is 0. The Morgan fingerprint density at radius 1 is 1.36 bits per heavy atom. The SMILES string of the molecule is CO[C@@H]1CN(C(=O)O)CC[C@H]1NC(=O)OCc1ccccc1. The molecule has 1 fully saturated rings. The van der Waals surface area contributed by atoms with Gasteiger partial charge in [0, 0.05) is 13.7 Å². The maximum Gasteiger partial charge on any atom is 0.407 e. The number of carboxylic acid groups (broad SMARTS) is 1. The van der Waals surface area contributed by atoms with Gasteiger partial charge >= 0.3 is 12.2 Å². The molecule has 0 aliphatic carbocycles. The summed E-state index contributed by atoms with van der Waals surface area (Å²) in [7, 11) is 1.50. The van der Waals surface area contributed by atoms with E-state index in [0.29, 0.717) is 13.0 Å². The first kappa shape index (κ1) is 16.1. The molecule has 1 heterocycles. The maximum absolute atomic E-state index is 11.8. The van der Waals surface area contributed by atoms with Crippen molar-refractivity contribution >= 4 is 12.2 Å². The van der Waals surface area contributed by atoms with Gasteiger partial charge < -0.3 is 24.8 Å². The van der Waals surface area contributed by atoms with Crippen molar-refractivity contribution in [2.45, 2.75) is 25.2 Å². The van der Waals surface area contributed by atoms with Crippen molar-refractivity contribution in [2.24, 2.45) is 0 Å². The number of hydrogen-bond acceptors (Lipinski definition) is 4. The van der Waals surface area contributed by atoms with Gasteiger partial charge in [0.25, 0.3) is 0 Å². The molecule has 7 heteroatoms. The Morgan fingerprint density at radius 3 is 2.73 bits per heavy atom. The van der Waals surface area contributed by atoms with Gasteiger partial charge in [0.1, 0.15) is 6.61 Å². The molecule has 22 heavy (non-hydrogen) atoms. The fourth-order valence-electron chi connectivity index (χ4n) is 2.41. The van der Waals surface area contributed by atoms with Crippen LogP contribution in [0.3, 0.4) is 0 Å². The molecule has 1 aromatic carbocycles. The summed E-state index contributed by atoms with van der Waals surface area (Å²) in [5.41, 5.74) is 0.904. The van der Waals surface area contributed by atoms with Crippen molar-refractivity contribution in [1.82, 2.24) is 10.2 Å². The van der Waals surface area contributed by atoms with E-state index < -0.39 is 12.2 Å². The third-order valence-electron chi connectivity index (χ3n) is 3.65. The second-order valence-electron chi connectivity index (χ2n) is 5.10. The number of carbonyl (C=O) groups excluding carboxylic acids is 1. The van der Waals surface area contributed by atoms with Crippen molar-refractivity contribution in [1.29, 1.82) is 0 Å². The number of carbonyl (C=O) groups is 2. The van der Waals surface area contributed by atoms with E-state index in [1.165, 1.54) is 12.0 Å². The zero-order valence-corrected chi connectivity index (χ0v) is 12.4. The zero-order valence-electron chi connectivity index (χ0n) is 12.4. The van der Waals surface area contributed by atoms with E-state index in [1.54, 1.807) is 0 Å². The lowest BCUT2D eigenvalue weighted by molar-refractivity contribution is 0.00870. The minimum Gasteiger partial charge on any atom is -0.465 e. The number of likely N-dealkylation sites (tertiary alicyclic amines) is 1. The number of methoxy groups -OCH3 is 1. The summed E-state index contributed by atoms with van der Waals surface area (Å²) in [6.45, 7) is 0.784. The van der Waals surface area contributed by atoms with Crippen LogP contribution in [0.4, 0.5) is 9.59 Å². The number of alkyl carbamates (subject to hydrolysis) is 1. The second kappa shape index (κ2) is 7.65. The number of rotatable bonds is 4. The number of ether oxygens (including phenoxy) is 2. The van der Waals surface area contributed by atoms with E-state index in [9.17, 15) is 9.59 Å². The van der Waals surface area contributed by atoms with Crippen LogP contribution < -0.4 is 5.32 Å². The quantitative estimate of drug-likeness (QED) is 0.883. The largest absolute Gasteiger partial charge is 0.465 e. The fourth-order valence-corrected chi connectivity index (χ4v) is 2.41. The predicted molar refractivity (Wildman–Crippen MR) is 78.6 cm³/mol. The molecule has 0 unspecified atom stereocenters. The smallest absolute Gasteiger partial charge is 0.407 e. The van der Waals surface area contributed by atoms with Crippen molar-refractivity contribution in [2.75, 3.05) is 20.2 Å². The highest BCUT2D eigenvalue weighted by Crippen LogP contribution is 2.14. The third-order valence-corrected chi connectivity index (χ3v) is 3.65. The lowest BCUT2D eigenvalue weighted by Gasteiger charge is -2.36. The van der Waals surface area contributed by atoms with Crippen LogP contribution in [0.2, 0.25) is 0 Å². The number of nitrogens with zero attached hydrogens (tertiary/aromatic N) is 1. The van der Waals surface area contributed by atoms with Crippen molar-refractivity contribution in [3.05, 3.63) is 35.9 Å². The average Bonchev–Trinajstić information content (AvgIpc) is 2.54. The molecule has 2 atom stereocenters. The average molecular weight is 308 g/mol. The van der Waals surface area contributed by atoms with E-state index >= 15 is 0 Å². The number of hydrogen-bond donors (Lipinski definition) is 2. The van der Waals surface area contributed by atoms with Gasteiger partial charge in [0.05, 0.1) is 18.7 Å². The number of benzene rings is 1. The first-order valence-corrected chi connectivity index (χ1v) is 7.08. The molecule has 0 spiro atoms. The third kappa shape index (κ3) is 4.36. The molecule has 0 bridgehead atoms. The minimum atomic E-state index is -0.979. The normalized spacial score (nSPS) is 21.2. The van der Waals surface area contributed by atoms with E-state index in [4.69, 9.17) is 14.6 Å². The highest BCUT2D eigenvalue weighted by atomic mass is 16.5. The second-order valence-corrected chi connectivity index (χ2v) is 5.10. The van der Waals surface area contributed by atoms with Crippen LogP contribution in [-0.2, 0) is 16.1 Å². The van der Waals surface area contributed by atoms with Crippen LogP contribution in [0.1, 0.15) is 12.0 Å². The summed E-state index contributed by atoms with van der Waals surface area (Å²) < 4.78 is 10.4. The van der Waals surface area contributed by atoms with Gasteiger partial charge in [0.2, 0.25) is 0 Å². The molecule has 1 aliphatic heterocycles. The minimum absolute atomic E-state index is 0.193. The summed E-state index contributed by atoms with van der Waals surface area (Å²) >= 11 is 0. The molecular weight excluding hydrogens is 288 g/mol. The molecule has 2 amide bonds. The van der Waals surface area contributed by atoms with Gasteiger partial charge in [-0.05, 0) is 12.0 Å². The van der Waals surface area contributed by atoms with Gasteiger partial charge in [-0.1, -0.05) is 30.3 Å².